The van der Waals surface area contributed by atoms with Crippen molar-refractivity contribution in [1.82, 2.24) is 0 Å². The molecule has 0 amide bonds. The maximum atomic E-state index is 13.3. The molecule has 0 aliphatic heterocycles. The van der Waals surface area contributed by atoms with Crippen LogP contribution in [-0.4, -0.2) is 0 Å². The molecule has 12 heavy (non-hydrogen) atoms. The van der Waals surface area contributed by atoms with Crippen molar-refractivity contribution in [1.29, 1.82) is 0 Å². The molecule has 1 aromatic rings. The Morgan fingerprint density at radius 3 is 2.75 bits per heavy atom. The lowest BCUT2D eigenvalue weighted by atomic mass is 10.1. The maximum Gasteiger partial charge on any atom is 0.146 e. The third-order valence-electron chi connectivity index (χ3n) is 1.64. The van der Waals surface area contributed by atoms with Crippen LogP contribution in [0, 0.1) is 5.82 Å². The van der Waals surface area contributed by atoms with Crippen LogP contribution in [-0.2, 0) is 6.42 Å². The van der Waals surface area contributed by atoms with Gasteiger partial charge in [0.2, 0.25) is 0 Å². The fourth-order valence-corrected chi connectivity index (χ4v) is 1.73. The second kappa shape index (κ2) is 4.24. The summed E-state index contributed by atoms with van der Waals surface area (Å²) in [6.07, 6.45) is 1.63. The van der Waals surface area contributed by atoms with Gasteiger partial charge < -0.3 is 0 Å². The van der Waals surface area contributed by atoms with Gasteiger partial charge in [-0.05, 0) is 18.6 Å². The smallest absolute Gasteiger partial charge is 0.146 e. The third kappa shape index (κ3) is 1.99. The molecule has 66 valence electrons. The van der Waals surface area contributed by atoms with Crippen LogP contribution in [0.3, 0.4) is 0 Å². The molecule has 0 bridgehead atoms. The van der Waals surface area contributed by atoms with Crippen LogP contribution in [0.15, 0.2) is 16.6 Å². The molecule has 0 spiro atoms. The van der Waals surface area contributed by atoms with Gasteiger partial charge in [-0.25, -0.2) is 4.39 Å². The lowest BCUT2D eigenvalue weighted by Gasteiger charge is -2.05. The fraction of sp³-hybridized carbons (Fsp3) is 0.333. The standard InChI is InChI=1S/C9H9BrClF/c1-2-3-6-7(10)4-5-8(11)9(6)12/h4-5H,2-3H2,1H3. The molecule has 1 rings (SSSR count). The van der Waals surface area contributed by atoms with Crippen molar-refractivity contribution >= 4 is 27.5 Å². The third-order valence-corrected chi connectivity index (χ3v) is 2.67. The highest BCUT2D eigenvalue weighted by atomic mass is 79.9. The van der Waals surface area contributed by atoms with Gasteiger partial charge in [0.1, 0.15) is 5.82 Å². The number of hydrogen-bond acceptors (Lipinski definition) is 0. The molecule has 3 heteroatoms. The summed E-state index contributed by atoms with van der Waals surface area (Å²) in [5.74, 6) is -0.298. The Labute approximate surface area is 84.9 Å². The molecule has 0 heterocycles. The van der Waals surface area contributed by atoms with Gasteiger partial charge in [0.15, 0.2) is 0 Å². The van der Waals surface area contributed by atoms with E-state index in [1.807, 2.05) is 6.92 Å². The lowest BCUT2D eigenvalue weighted by molar-refractivity contribution is 0.606. The Kier molecular flexibility index (Phi) is 3.53. The van der Waals surface area contributed by atoms with Crippen LogP contribution in [0.25, 0.3) is 0 Å². The van der Waals surface area contributed by atoms with E-state index in [4.69, 9.17) is 11.6 Å². The van der Waals surface area contributed by atoms with E-state index in [0.29, 0.717) is 12.0 Å². The molecule has 0 aliphatic carbocycles. The monoisotopic (exact) mass is 250 g/mol. The van der Waals surface area contributed by atoms with E-state index >= 15 is 0 Å². The van der Waals surface area contributed by atoms with Gasteiger partial charge in [0.25, 0.3) is 0 Å². The lowest BCUT2D eigenvalue weighted by Crippen LogP contribution is -1.92. The number of hydrogen-bond donors (Lipinski definition) is 0. The molecular formula is C9H9BrClF. The second-order valence-corrected chi connectivity index (χ2v) is 3.83. The highest BCUT2D eigenvalue weighted by molar-refractivity contribution is 9.10. The van der Waals surface area contributed by atoms with Gasteiger partial charge in [-0.1, -0.05) is 40.9 Å². The highest BCUT2D eigenvalue weighted by Gasteiger charge is 2.09. The van der Waals surface area contributed by atoms with Crippen LogP contribution in [0.2, 0.25) is 5.02 Å². The molecule has 0 saturated heterocycles. The minimum atomic E-state index is -0.298. The first-order valence-electron chi connectivity index (χ1n) is 3.79. The van der Waals surface area contributed by atoms with E-state index in [2.05, 4.69) is 15.9 Å². The number of rotatable bonds is 2. The zero-order valence-corrected chi connectivity index (χ0v) is 9.04. The molecule has 0 saturated carbocycles. The minimum absolute atomic E-state index is 0.196. The molecular weight excluding hydrogens is 242 g/mol. The summed E-state index contributed by atoms with van der Waals surface area (Å²) >= 11 is 8.91. The predicted octanol–water partition coefficient (Wildman–Crippen LogP) is 4.19. The Bertz CT molecular complexity index is 286. The topological polar surface area (TPSA) is 0 Å². The minimum Gasteiger partial charge on any atom is -0.205 e. The van der Waals surface area contributed by atoms with E-state index < -0.39 is 0 Å². The van der Waals surface area contributed by atoms with Crippen molar-refractivity contribution in [2.75, 3.05) is 0 Å². The summed E-state index contributed by atoms with van der Waals surface area (Å²) in [7, 11) is 0. The van der Waals surface area contributed by atoms with Gasteiger partial charge in [-0.15, -0.1) is 0 Å². The van der Waals surface area contributed by atoms with Crippen LogP contribution in [0.4, 0.5) is 4.39 Å². The highest BCUT2D eigenvalue weighted by Crippen LogP contribution is 2.26. The zero-order chi connectivity index (χ0) is 9.14. The average Bonchev–Trinajstić information content (AvgIpc) is 2.06. The van der Waals surface area contributed by atoms with Crippen molar-refractivity contribution in [3.63, 3.8) is 0 Å². The Morgan fingerprint density at radius 2 is 2.17 bits per heavy atom. The zero-order valence-electron chi connectivity index (χ0n) is 6.70. The van der Waals surface area contributed by atoms with E-state index in [0.717, 1.165) is 10.9 Å². The van der Waals surface area contributed by atoms with Crippen LogP contribution >= 0.6 is 27.5 Å². The van der Waals surface area contributed by atoms with Crippen molar-refractivity contribution in [3.05, 3.63) is 33.0 Å². The van der Waals surface area contributed by atoms with E-state index in [9.17, 15) is 4.39 Å². The van der Waals surface area contributed by atoms with E-state index in [1.165, 1.54) is 0 Å². The molecule has 0 unspecified atom stereocenters. The summed E-state index contributed by atoms with van der Waals surface area (Å²) in [6.45, 7) is 2.01. The Morgan fingerprint density at radius 1 is 1.50 bits per heavy atom. The summed E-state index contributed by atoms with van der Waals surface area (Å²) in [6, 6.07) is 3.33. The van der Waals surface area contributed by atoms with Gasteiger partial charge in [-0.3, -0.25) is 0 Å². The van der Waals surface area contributed by atoms with Crippen molar-refractivity contribution < 1.29 is 4.39 Å². The average molecular weight is 252 g/mol. The van der Waals surface area contributed by atoms with E-state index in [1.54, 1.807) is 12.1 Å². The Hall–Kier alpha value is -0.0800. The predicted molar refractivity (Wildman–Crippen MR) is 53.1 cm³/mol. The summed E-state index contributed by atoms with van der Waals surface area (Å²) in [4.78, 5) is 0. The molecule has 1 aromatic carbocycles. The van der Waals surface area contributed by atoms with Crippen LogP contribution in [0.1, 0.15) is 18.9 Å². The first-order valence-corrected chi connectivity index (χ1v) is 4.96. The van der Waals surface area contributed by atoms with Crippen LogP contribution < -0.4 is 0 Å². The number of benzene rings is 1. The quantitative estimate of drug-likeness (QED) is 0.691. The fourth-order valence-electron chi connectivity index (χ4n) is 1.05. The normalized spacial score (nSPS) is 10.3. The summed E-state index contributed by atoms with van der Waals surface area (Å²) < 4.78 is 14.1. The first kappa shape index (κ1) is 10.0. The van der Waals surface area contributed by atoms with Crippen molar-refractivity contribution in [2.45, 2.75) is 19.8 Å². The molecule has 0 nitrogen and oxygen atoms in total. The van der Waals surface area contributed by atoms with E-state index in [-0.39, 0.29) is 10.8 Å². The Balaban J connectivity index is 3.14. The SMILES string of the molecule is CCCc1c(Br)ccc(Cl)c1F. The molecule has 0 atom stereocenters. The first-order chi connectivity index (χ1) is 5.66. The van der Waals surface area contributed by atoms with Gasteiger partial charge in [0.05, 0.1) is 5.02 Å². The molecule has 0 N–H and O–H groups in total. The molecule has 0 aromatic heterocycles. The van der Waals surface area contributed by atoms with Crippen LogP contribution in [0.5, 0.6) is 0 Å². The molecule has 0 fully saturated rings. The van der Waals surface area contributed by atoms with Gasteiger partial charge >= 0.3 is 0 Å². The maximum absolute atomic E-state index is 13.3. The van der Waals surface area contributed by atoms with Gasteiger partial charge in [0, 0.05) is 10.0 Å². The number of halogens is 3. The van der Waals surface area contributed by atoms with Crippen molar-refractivity contribution in [3.8, 4) is 0 Å². The molecule has 0 radical (unpaired) electrons. The van der Waals surface area contributed by atoms with Gasteiger partial charge in [-0.2, -0.15) is 0 Å². The summed E-state index contributed by atoms with van der Waals surface area (Å²) in [5.41, 5.74) is 0.671. The van der Waals surface area contributed by atoms with Crippen molar-refractivity contribution in [2.24, 2.45) is 0 Å². The second-order valence-electron chi connectivity index (χ2n) is 2.57. The summed E-state index contributed by atoms with van der Waals surface area (Å²) in [5, 5.41) is 0.196. The molecule has 0 aliphatic rings. The largest absolute Gasteiger partial charge is 0.205 e.